The van der Waals surface area contributed by atoms with E-state index in [1.54, 1.807) is 24.3 Å². The first kappa shape index (κ1) is 13.2. The summed E-state index contributed by atoms with van der Waals surface area (Å²) < 4.78 is 10.1. The predicted octanol–water partition coefficient (Wildman–Crippen LogP) is 2.90. The number of halogens is 1. The van der Waals surface area contributed by atoms with E-state index in [0.717, 1.165) is 0 Å². The van der Waals surface area contributed by atoms with E-state index in [9.17, 15) is 4.79 Å². The number of nitrogen functional groups attached to an aromatic ring is 1. The maximum absolute atomic E-state index is 11.5. The highest BCUT2D eigenvalue weighted by Gasteiger charge is 2.13. The highest BCUT2D eigenvalue weighted by Crippen LogP contribution is 2.29. The highest BCUT2D eigenvalue weighted by atomic mass is 35.5. The summed E-state index contributed by atoms with van der Waals surface area (Å²) in [7, 11) is 1.27. The minimum absolute atomic E-state index is 0.194. The minimum Gasteiger partial charge on any atom is -0.465 e. The number of benzene rings is 1. The van der Waals surface area contributed by atoms with Crippen LogP contribution in [0.15, 0.2) is 36.5 Å². The van der Waals surface area contributed by atoms with Gasteiger partial charge in [-0.25, -0.2) is 9.78 Å². The lowest BCUT2D eigenvalue weighted by atomic mass is 10.2. The SMILES string of the molecule is COC(=O)c1cc(Oc2ccccc2Cl)ncc1N. The van der Waals surface area contributed by atoms with E-state index in [-0.39, 0.29) is 17.1 Å². The number of rotatable bonds is 3. The number of anilines is 1. The molecule has 0 bridgehead atoms. The molecule has 2 aromatic rings. The van der Waals surface area contributed by atoms with E-state index < -0.39 is 5.97 Å². The van der Waals surface area contributed by atoms with Gasteiger partial charge in [-0.05, 0) is 12.1 Å². The van der Waals surface area contributed by atoms with E-state index in [2.05, 4.69) is 9.72 Å². The molecule has 0 aliphatic rings. The molecule has 0 saturated carbocycles. The zero-order valence-corrected chi connectivity index (χ0v) is 10.8. The Morgan fingerprint density at radius 1 is 1.37 bits per heavy atom. The molecular weight excluding hydrogens is 268 g/mol. The third kappa shape index (κ3) is 2.95. The number of pyridine rings is 1. The van der Waals surface area contributed by atoms with Gasteiger partial charge in [-0.3, -0.25) is 0 Å². The van der Waals surface area contributed by atoms with Gasteiger partial charge >= 0.3 is 5.97 Å². The van der Waals surface area contributed by atoms with Crippen molar-refractivity contribution in [2.24, 2.45) is 0 Å². The van der Waals surface area contributed by atoms with E-state index in [1.165, 1.54) is 19.4 Å². The Hall–Kier alpha value is -2.27. The monoisotopic (exact) mass is 278 g/mol. The van der Waals surface area contributed by atoms with Crippen LogP contribution >= 0.6 is 11.6 Å². The molecule has 2 rings (SSSR count). The normalized spacial score (nSPS) is 10.0. The number of ether oxygens (including phenoxy) is 2. The molecule has 0 atom stereocenters. The van der Waals surface area contributed by atoms with Crippen molar-refractivity contribution in [2.45, 2.75) is 0 Å². The fraction of sp³-hybridized carbons (Fsp3) is 0.0769. The number of nitrogens with zero attached hydrogens (tertiary/aromatic N) is 1. The Kier molecular flexibility index (Phi) is 3.87. The first-order valence-electron chi connectivity index (χ1n) is 5.38. The Morgan fingerprint density at radius 2 is 2.11 bits per heavy atom. The second-order valence-corrected chi connectivity index (χ2v) is 4.04. The fourth-order valence-electron chi connectivity index (χ4n) is 1.43. The van der Waals surface area contributed by atoms with Crippen molar-refractivity contribution < 1.29 is 14.3 Å². The lowest BCUT2D eigenvalue weighted by Crippen LogP contribution is -2.06. The maximum Gasteiger partial charge on any atom is 0.340 e. The summed E-state index contributed by atoms with van der Waals surface area (Å²) in [6, 6.07) is 8.35. The molecular formula is C13H11ClN2O3. The smallest absolute Gasteiger partial charge is 0.340 e. The molecule has 0 spiro atoms. The van der Waals surface area contributed by atoms with Crippen molar-refractivity contribution in [1.82, 2.24) is 4.98 Å². The van der Waals surface area contributed by atoms with Gasteiger partial charge in [-0.2, -0.15) is 0 Å². The van der Waals surface area contributed by atoms with Crippen LogP contribution in [0.1, 0.15) is 10.4 Å². The molecule has 98 valence electrons. The van der Waals surface area contributed by atoms with Gasteiger partial charge in [0.05, 0.1) is 29.6 Å². The van der Waals surface area contributed by atoms with Crippen LogP contribution in [0, 0.1) is 0 Å². The number of hydrogen-bond acceptors (Lipinski definition) is 5. The summed E-state index contributed by atoms with van der Waals surface area (Å²) in [5.41, 5.74) is 6.06. The molecule has 5 nitrogen and oxygen atoms in total. The predicted molar refractivity (Wildman–Crippen MR) is 71.5 cm³/mol. The number of hydrogen-bond donors (Lipinski definition) is 1. The molecule has 0 fully saturated rings. The summed E-state index contributed by atoms with van der Waals surface area (Å²) in [5, 5.41) is 0.445. The third-order valence-corrected chi connectivity index (χ3v) is 2.68. The Bertz CT molecular complexity index is 617. The van der Waals surface area contributed by atoms with Crippen LogP contribution in [0.2, 0.25) is 5.02 Å². The van der Waals surface area contributed by atoms with Crippen LogP contribution in [0.25, 0.3) is 0 Å². The summed E-state index contributed by atoms with van der Waals surface area (Å²) in [5.74, 6) is 0.101. The lowest BCUT2D eigenvalue weighted by molar-refractivity contribution is 0.0601. The largest absolute Gasteiger partial charge is 0.465 e. The van der Waals surface area contributed by atoms with Crippen LogP contribution in [-0.4, -0.2) is 18.1 Å². The number of para-hydroxylation sites is 1. The zero-order chi connectivity index (χ0) is 13.8. The van der Waals surface area contributed by atoms with Gasteiger partial charge in [0, 0.05) is 6.07 Å². The number of carbonyl (C=O) groups excluding carboxylic acids is 1. The summed E-state index contributed by atoms with van der Waals surface area (Å²) in [6.07, 6.45) is 1.33. The molecule has 6 heteroatoms. The summed E-state index contributed by atoms with van der Waals surface area (Å²) >= 11 is 5.97. The van der Waals surface area contributed by atoms with Gasteiger partial charge < -0.3 is 15.2 Å². The van der Waals surface area contributed by atoms with Crippen molar-refractivity contribution in [3.05, 3.63) is 47.1 Å². The fourth-order valence-corrected chi connectivity index (χ4v) is 1.60. The molecule has 1 heterocycles. The van der Waals surface area contributed by atoms with Crippen LogP contribution in [-0.2, 0) is 4.74 Å². The van der Waals surface area contributed by atoms with E-state index in [1.807, 2.05) is 0 Å². The van der Waals surface area contributed by atoms with Crippen molar-refractivity contribution in [2.75, 3.05) is 12.8 Å². The molecule has 1 aromatic heterocycles. The Balaban J connectivity index is 2.32. The molecule has 0 unspecified atom stereocenters. The molecule has 0 aliphatic carbocycles. The average Bonchev–Trinajstić information content (AvgIpc) is 2.42. The number of nitrogens with two attached hydrogens (primary N) is 1. The van der Waals surface area contributed by atoms with Gasteiger partial charge in [-0.15, -0.1) is 0 Å². The Morgan fingerprint density at radius 3 is 2.79 bits per heavy atom. The van der Waals surface area contributed by atoms with E-state index >= 15 is 0 Å². The number of methoxy groups -OCH3 is 1. The first-order chi connectivity index (χ1) is 9.11. The van der Waals surface area contributed by atoms with Crippen molar-refractivity contribution in [3.8, 4) is 11.6 Å². The molecule has 1 aromatic carbocycles. The van der Waals surface area contributed by atoms with Gasteiger partial charge in [0.1, 0.15) is 5.75 Å². The highest BCUT2D eigenvalue weighted by molar-refractivity contribution is 6.32. The molecule has 2 N–H and O–H groups in total. The van der Waals surface area contributed by atoms with Crippen LogP contribution < -0.4 is 10.5 Å². The minimum atomic E-state index is -0.552. The standard InChI is InChI=1S/C13H11ClN2O3/c1-18-13(17)8-6-12(16-7-10(8)15)19-11-5-3-2-4-9(11)14/h2-7H,15H2,1H3. The van der Waals surface area contributed by atoms with Gasteiger partial charge in [0.25, 0.3) is 0 Å². The van der Waals surface area contributed by atoms with Gasteiger partial charge in [-0.1, -0.05) is 23.7 Å². The third-order valence-electron chi connectivity index (χ3n) is 2.37. The van der Waals surface area contributed by atoms with Crippen molar-refractivity contribution in [3.63, 3.8) is 0 Å². The second kappa shape index (κ2) is 5.58. The summed E-state index contributed by atoms with van der Waals surface area (Å²) in [6.45, 7) is 0. The summed E-state index contributed by atoms with van der Waals surface area (Å²) in [4.78, 5) is 15.5. The Labute approximate surface area is 114 Å². The van der Waals surface area contributed by atoms with Crippen molar-refractivity contribution in [1.29, 1.82) is 0 Å². The average molecular weight is 279 g/mol. The van der Waals surface area contributed by atoms with Gasteiger partial charge in [0.2, 0.25) is 5.88 Å². The first-order valence-corrected chi connectivity index (χ1v) is 5.76. The van der Waals surface area contributed by atoms with Crippen molar-refractivity contribution >= 4 is 23.3 Å². The molecule has 0 aliphatic heterocycles. The van der Waals surface area contributed by atoms with Crippen LogP contribution in [0.5, 0.6) is 11.6 Å². The number of carbonyl (C=O) groups is 1. The second-order valence-electron chi connectivity index (χ2n) is 3.63. The molecule has 0 radical (unpaired) electrons. The van der Waals surface area contributed by atoms with Crippen LogP contribution in [0.4, 0.5) is 5.69 Å². The van der Waals surface area contributed by atoms with E-state index in [0.29, 0.717) is 10.8 Å². The maximum atomic E-state index is 11.5. The zero-order valence-electron chi connectivity index (χ0n) is 10.1. The van der Waals surface area contributed by atoms with Gasteiger partial charge in [0.15, 0.2) is 0 Å². The molecule has 19 heavy (non-hydrogen) atoms. The topological polar surface area (TPSA) is 74.4 Å². The lowest BCUT2D eigenvalue weighted by Gasteiger charge is -2.08. The van der Waals surface area contributed by atoms with E-state index in [4.69, 9.17) is 22.1 Å². The molecule has 0 saturated heterocycles. The number of esters is 1. The van der Waals surface area contributed by atoms with Crippen LogP contribution in [0.3, 0.4) is 0 Å². The number of aromatic nitrogens is 1. The molecule has 0 amide bonds. The quantitative estimate of drug-likeness (QED) is 0.874.